The lowest BCUT2D eigenvalue weighted by Gasteiger charge is -2.18. The summed E-state index contributed by atoms with van der Waals surface area (Å²) < 4.78 is 13.4. The topological polar surface area (TPSA) is 15.3 Å². The molecule has 1 aromatic rings. The van der Waals surface area contributed by atoms with Crippen molar-refractivity contribution in [1.29, 1.82) is 0 Å². The molecule has 0 heterocycles. The van der Waals surface area contributed by atoms with E-state index < -0.39 is 0 Å². The van der Waals surface area contributed by atoms with Crippen LogP contribution in [-0.2, 0) is 6.54 Å². The molecule has 1 atom stereocenters. The summed E-state index contributed by atoms with van der Waals surface area (Å²) in [5.74, 6) is -0.214. The van der Waals surface area contributed by atoms with Gasteiger partial charge in [0.1, 0.15) is 5.82 Å². The predicted molar refractivity (Wildman–Crippen MR) is 66.3 cm³/mol. The van der Waals surface area contributed by atoms with Gasteiger partial charge in [-0.1, -0.05) is 11.6 Å². The molecule has 1 N–H and O–H groups in total. The van der Waals surface area contributed by atoms with Gasteiger partial charge < -0.3 is 10.2 Å². The quantitative estimate of drug-likeness (QED) is 0.856. The number of likely N-dealkylation sites (N-methyl/N-ethyl adjacent to an activating group) is 1. The summed E-state index contributed by atoms with van der Waals surface area (Å²) in [5.41, 5.74) is 0.609. The van der Waals surface area contributed by atoms with E-state index in [4.69, 9.17) is 11.6 Å². The summed E-state index contributed by atoms with van der Waals surface area (Å²) in [7, 11) is 4.02. The Morgan fingerprint density at radius 2 is 2.12 bits per heavy atom. The Bertz CT molecular complexity index is 342. The lowest BCUT2D eigenvalue weighted by Crippen LogP contribution is -2.35. The molecule has 0 saturated carbocycles. The molecule has 0 aliphatic rings. The van der Waals surface area contributed by atoms with Gasteiger partial charge in [-0.15, -0.1) is 0 Å². The molecule has 0 aromatic heterocycles. The summed E-state index contributed by atoms with van der Waals surface area (Å²) in [6.07, 6.45) is 0. The van der Waals surface area contributed by atoms with Crippen LogP contribution in [-0.4, -0.2) is 31.6 Å². The zero-order valence-corrected chi connectivity index (χ0v) is 10.7. The van der Waals surface area contributed by atoms with Gasteiger partial charge in [-0.25, -0.2) is 4.39 Å². The fourth-order valence-electron chi connectivity index (χ4n) is 1.58. The molecule has 0 fully saturated rings. The first kappa shape index (κ1) is 13.4. The smallest absolute Gasteiger partial charge is 0.127 e. The minimum absolute atomic E-state index is 0.214. The first-order valence-electron chi connectivity index (χ1n) is 5.31. The van der Waals surface area contributed by atoms with Crippen LogP contribution in [0.1, 0.15) is 12.5 Å². The molecule has 1 aromatic carbocycles. The monoisotopic (exact) mass is 244 g/mol. The highest BCUT2D eigenvalue weighted by Gasteiger charge is 2.06. The third kappa shape index (κ3) is 4.47. The second kappa shape index (κ2) is 6.18. The number of nitrogens with one attached hydrogen (secondary N) is 1. The zero-order chi connectivity index (χ0) is 12.1. The molecule has 0 spiro atoms. The van der Waals surface area contributed by atoms with E-state index in [1.807, 2.05) is 14.1 Å². The fraction of sp³-hybridized carbons (Fsp3) is 0.500. The van der Waals surface area contributed by atoms with E-state index in [9.17, 15) is 4.39 Å². The van der Waals surface area contributed by atoms with Gasteiger partial charge in [0.15, 0.2) is 0 Å². The second-order valence-electron chi connectivity index (χ2n) is 4.28. The Kier molecular flexibility index (Phi) is 5.19. The SMILES string of the molecule is CC(CN(C)C)NCc1cc(Cl)ccc1F. The summed E-state index contributed by atoms with van der Waals surface area (Å²) >= 11 is 5.81. The fourth-order valence-corrected chi connectivity index (χ4v) is 1.77. The summed E-state index contributed by atoms with van der Waals surface area (Å²) in [6.45, 7) is 3.49. The van der Waals surface area contributed by atoms with E-state index in [0.717, 1.165) is 6.54 Å². The van der Waals surface area contributed by atoms with E-state index >= 15 is 0 Å². The van der Waals surface area contributed by atoms with Gasteiger partial charge in [-0.2, -0.15) is 0 Å². The van der Waals surface area contributed by atoms with Gasteiger partial charge in [0.2, 0.25) is 0 Å². The van der Waals surface area contributed by atoms with Crippen LogP contribution in [0.2, 0.25) is 5.02 Å². The van der Waals surface area contributed by atoms with E-state index in [2.05, 4.69) is 17.1 Å². The average molecular weight is 245 g/mol. The van der Waals surface area contributed by atoms with Gasteiger partial charge in [0.25, 0.3) is 0 Å². The van der Waals surface area contributed by atoms with Crippen LogP contribution in [0.25, 0.3) is 0 Å². The molecule has 2 nitrogen and oxygen atoms in total. The number of benzene rings is 1. The predicted octanol–water partition coefficient (Wildman–Crippen LogP) is 2.52. The van der Waals surface area contributed by atoms with Gasteiger partial charge in [-0.3, -0.25) is 0 Å². The van der Waals surface area contributed by atoms with Crippen molar-refractivity contribution in [1.82, 2.24) is 10.2 Å². The van der Waals surface area contributed by atoms with Crippen LogP contribution >= 0.6 is 11.6 Å². The van der Waals surface area contributed by atoms with Crippen LogP contribution < -0.4 is 5.32 Å². The van der Waals surface area contributed by atoms with E-state index in [-0.39, 0.29) is 5.82 Å². The zero-order valence-electron chi connectivity index (χ0n) is 9.93. The molecule has 0 aliphatic carbocycles. The average Bonchev–Trinajstić information content (AvgIpc) is 2.18. The maximum absolute atomic E-state index is 13.4. The van der Waals surface area contributed by atoms with Crippen LogP contribution in [0.3, 0.4) is 0 Å². The number of nitrogens with zero attached hydrogens (tertiary/aromatic N) is 1. The van der Waals surface area contributed by atoms with Gasteiger partial charge in [0, 0.05) is 29.7 Å². The molecule has 4 heteroatoms. The molecule has 0 saturated heterocycles. The van der Waals surface area contributed by atoms with Crippen LogP contribution in [0.15, 0.2) is 18.2 Å². The summed E-state index contributed by atoms with van der Waals surface area (Å²) in [4.78, 5) is 2.09. The number of hydrogen-bond donors (Lipinski definition) is 1. The largest absolute Gasteiger partial charge is 0.309 e. The number of halogens is 2. The number of hydrogen-bond acceptors (Lipinski definition) is 2. The van der Waals surface area contributed by atoms with Crippen molar-refractivity contribution in [3.05, 3.63) is 34.6 Å². The lowest BCUT2D eigenvalue weighted by atomic mass is 10.2. The second-order valence-corrected chi connectivity index (χ2v) is 4.72. The van der Waals surface area contributed by atoms with E-state index in [0.29, 0.717) is 23.2 Å². The number of rotatable bonds is 5. The van der Waals surface area contributed by atoms with Crippen LogP contribution in [0.5, 0.6) is 0 Å². The normalized spacial score (nSPS) is 13.1. The van der Waals surface area contributed by atoms with Gasteiger partial charge >= 0.3 is 0 Å². The van der Waals surface area contributed by atoms with Crippen LogP contribution in [0.4, 0.5) is 4.39 Å². The summed E-state index contributed by atoms with van der Waals surface area (Å²) in [5, 5.41) is 3.83. The third-order valence-corrected chi connectivity index (χ3v) is 2.52. The van der Waals surface area contributed by atoms with Gasteiger partial charge in [-0.05, 0) is 39.2 Å². The highest BCUT2D eigenvalue weighted by molar-refractivity contribution is 6.30. The minimum atomic E-state index is -0.214. The minimum Gasteiger partial charge on any atom is -0.309 e. The standard InChI is InChI=1S/C12H18ClFN2/c1-9(8-16(2)3)15-7-10-6-11(13)4-5-12(10)14/h4-6,9,15H,7-8H2,1-3H3. The van der Waals surface area contributed by atoms with E-state index in [1.165, 1.54) is 6.07 Å². The van der Waals surface area contributed by atoms with Crippen molar-refractivity contribution < 1.29 is 4.39 Å². The first-order valence-corrected chi connectivity index (χ1v) is 5.69. The van der Waals surface area contributed by atoms with Crippen molar-refractivity contribution in [2.24, 2.45) is 0 Å². The molecule has 0 amide bonds. The molecule has 0 bridgehead atoms. The van der Waals surface area contributed by atoms with E-state index in [1.54, 1.807) is 12.1 Å². The lowest BCUT2D eigenvalue weighted by molar-refractivity contribution is 0.348. The maximum Gasteiger partial charge on any atom is 0.127 e. The highest BCUT2D eigenvalue weighted by atomic mass is 35.5. The van der Waals surface area contributed by atoms with Crippen molar-refractivity contribution in [2.45, 2.75) is 19.5 Å². The van der Waals surface area contributed by atoms with Crippen molar-refractivity contribution in [3.63, 3.8) is 0 Å². The molecule has 16 heavy (non-hydrogen) atoms. The van der Waals surface area contributed by atoms with Crippen molar-refractivity contribution in [3.8, 4) is 0 Å². The third-order valence-electron chi connectivity index (χ3n) is 2.29. The molecule has 0 radical (unpaired) electrons. The Hall–Kier alpha value is -0.640. The molecule has 1 rings (SSSR count). The molecule has 1 unspecified atom stereocenters. The maximum atomic E-state index is 13.4. The summed E-state index contributed by atoms with van der Waals surface area (Å²) in [6, 6.07) is 4.93. The Labute approximate surface area is 101 Å². The molecular weight excluding hydrogens is 227 g/mol. The van der Waals surface area contributed by atoms with Crippen molar-refractivity contribution >= 4 is 11.6 Å². The van der Waals surface area contributed by atoms with Gasteiger partial charge in [0.05, 0.1) is 0 Å². The molecule has 90 valence electrons. The highest BCUT2D eigenvalue weighted by Crippen LogP contribution is 2.14. The van der Waals surface area contributed by atoms with Crippen molar-refractivity contribution in [2.75, 3.05) is 20.6 Å². The first-order chi connectivity index (χ1) is 7.49. The molecule has 0 aliphatic heterocycles. The molecular formula is C12H18ClFN2. The Morgan fingerprint density at radius 1 is 1.44 bits per heavy atom. The van der Waals surface area contributed by atoms with Crippen LogP contribution in [0, 0.1) is 5.82 Å². The Balaban J connectivity index is 2.51. The Morgan fingerprint density at radius 3 is 2.75 bits per heavy atom.